The minimum absolute atomic E-state index is 0.0513. The first-order valence-corrected chi connectivity index (χ1v) is 7.52. The molecular formula is C13H20N2OS2. The summed E-state index contributed by atoms with van der Waals surface area (Å²) in [6, 6.07) is 4.09. The maximum atomic E-state index is 12.2. The molecule has 18 heavy (non-hydrogen) atoms. The minimum Gasteiger partial charge on any atom is -0.393 e. The average molecular weight is 284 g/mol. The van der Waals surface area contributed by atoms with Gasteiger partial charge in [-0.2, -0.15) is 0 Å². The van der Waals surface area contributed by atoms with Crippen LogP contribution in [-0.2, 0) is 4.79 Å². The Morgan fingerprint density at radius 3 is 2.72 bits per heavy atom. The number of carbonyl (C=O) groups is 1. The highest BCUT2D eigenvalue weighted by atomic mass is 32.1. The molecular weight excluding hydrogens is 264 g/mol. The van der Waals surface area contributed by atoms with Crippen LogP contribution in [0.15, 0.2) is 17.5 Å². The van der Waals surface area contributed by atoms with Crippen molar-refractivity contribution in [2.45, 2.75) is 39.2 Å². The van der Waals surface area contributed by atoms with Crippen LogP contribution in [0.4, 0.5) is 0 Å². The van der Waals surface area contributed by atoms with E-state index in [0.717, 1.165) is 12.8 Å². The van der Waals surface area contributed by atoms with Gasteiger partial charge >= 0.3 is 0 Å². The Morgan fingerprint density at radius 2 is 2.28 bits per heavy atom. The molecule has 0 bridgehead atoms. The summed E-state index contributed by atoms with van der Waals surface area (Å²) >= 11 is 6.62. The Hall–Kier alpha value is -0.940. The molecule has 0 aromatic carbocycles. The van der Waals surface area contributed by atoms with Crippen LogP contribution in [0.1, 0.15) is 44.0 Å². The third kappa shape index (κ3) is 4.07. The van der Waals surface area contributed by atoms with E-state index in [0.29, 0.717) is 6.42 Å². The van der Waals surface area contributed by atoms with Gasteiger partial charge < -0.3 is 11.1 Å². The lowest BCUT2D eigenvalue weighted by atomic mass is 10.0. The van der Waals surface area contributed by atoms with Crippen molar-refractivity contribution in [3.63, 3.8) is 0 Å². The fourth-order valence-corrected chi connectivity index (χ4v) is 2.91. The third-order valence-corrected chi connectivity index (χ3v) is 4.12. The summed E-state index contributed by atoms with van der Waals surface area (Å²) in [6.45, 7) is 4.08. The van der Waals surface area contributed by atoms with E-state index in [4.69, 9.17) is 18.0 Å². The van der Waals surface area contributed by atoms with E-state index in [1.54, 1.807) is 11.3 Å². The molecule has 2 atom stereocenters. The van der Waals surface area contributed by atoms with Crippen LogP contribution in [0.2, 0.25) is 0 Å². The van der Waals surface area contributed by atoms with Crippen molar-refractivity contribution in [2.24, 2.45) is 11.7 Å². The summed E-state index contributed by atoms with van der Waals surface area (Å²) < 4.78 is 0. The lowest BCUT2D eigenvalue weighted by Crippen LogP contribution is -2.39. The van der Waals surface area contributed by atoms with Gasteiger partial charge in [-0.3, -0.25) is 4.79 Å². The maximum absolute atomic E-state index is 12.2. The molecule has 1 heterocycles. The topological polar surface area (TPSA) is 55.1 Å². The van der Waals surface area contributed by atoms with Crippen molar-refractivity contribution < 1.29 is 4.79 Å². The number of amides is 1. The number of rotatable bonds is 7. The Balaban J connectivity index is 2.69. The molecule has 3 N–H and O–H groups in total. The molecule has 0 spiro atoms. The van der Waals surface area contributed by atoms with Gasteiger partial charge in [-0.1, -0.05) is 38.6 Å². The van der Waals surface area contributed by atoms with E-state index in [-0.39, 0.29) is 22.9 Å². The van der Waals surface area contributed by atoms with Crippen LogP contribution >= 0.6 is 23.6 Å². The van der Waals surface area contributed by atoms with Crippen LogP contribution in [0.3, 0.4) is 0 Å². The van der Waals surface area contributed by atoms with Crippen molar-refractivity contribution in [2.75, 3.05) is 0 Å². The predicted molar refractivity (Wildman–Crippen MR) is 80.7 cm³/mol. The standard InChI is InChI=1S/C13H20N2OS2/c1-3-6-9(12(14)17)13(16)15-10(4-2)11-7-5-8-18-11/h5,7-10H,3-4,6H2,1-2H3,(H2,14,17)(H,15,16). The number of hydrogen-bond acceptors (Lipinski definition) is 3. The summed E-state index contributed by atoms with van der Waals surface area (Å²) in [4.78, 5) is 13.6. The molecule has 0 saturated carbocycles. The van der Waals surface area contributed by atoms with E-state index in [1.165, 1.54) is 4.88 Å². The normalized spacial score (nSPS) is 13.9. The van der Waals surface area contributed by atoms with Gasteiger partial charge in [-0.25, -0.2) is 0 Å². The average Bonchev–Trinajstić information content (AvgIpc) is 2.85. The molecule has 0 aliphatic carbocycles. The molecule has 0 saturated heterocycles. The molecule has 1 aromatic heterocycles. The number of carbonyl (C=O) groups excluding carboxylic acids is 1. The second kappa shape index (κ2) is 7.48. The second-order valence-corrected chi connectivity index (χ2v) is 5.68. The largest absolute Gasteiger partial charge is 0.393 e. The van der Waals surface area contributed by atoms with Gasteiger partial charge in [0.15, 0.2) is 0 Å². The fourth-order valence-electron chi connectivity index (χ4n) is 1.83. The van der Waals surface area contributed by atoms with Crippen molar-refractivity contribution in [3.8, 4) is 0 Å². The molecule has 0 aliphatic rings. The molecule has 0 fully saturated rings. The van der Waals surface area contributed by atoms with Crippen LogP contribution in [0.25, 0.3) is 0 Å². The molecule has 1 amide bonds. The third-order valence-electron chi connectivity index (χ3n) is 2.85. The number of nitrogens with one attached hydrogen (secondary N) is 1. The van der Waals surface area contributed by atoms with E-state index in [9.17, 15) is 4.79 Å². The summed E-state index contributed by atoms with van der Waals surface area (Å²) in [5, 5.41) is 5.05. The molecule has 0 aliphatic heterocycles. The second-order valence-electron chi connectivity index (χ2n) is 4.23. The number of thiophene rings is 1. The summed E-state index contributed by atoms with van der Waals surface area (Å²) in [5.74, 6) is -0.399. The van der Waals surface area contributed by atoms with Gasteiger partial charge in [0, 0.05) is 4.88 Å². The van der Waals surface area contributed by atoms with Crippen LogP contribution in [0.5, 0.6) is 0 Å². The van der Waals surface area contributed by atoms with E-state index in [1.807, 2.05) is 24.4 Å². The van der Waals surface area contributed by atoms with Gasteiger partial charge in [0.05, 0.1) is 16.9 Å². The summed E-state index contributed by atoms with van der Waals surface area (Å²) in [7, 11) is 0. The van der Waals surface area contributed by atoms with E-state index < -0.39 is 0 Å². The lowest BCUT2D eigenvalue weighted by Gasteiger charge is -2.20. The lowest BCUT2D eigenvalue weighted by molar-refractivity contribution is -0.123. The molecule has 100 valence electrons. The fraction of sp³-hybridized carbons (Fsp3) is 0.538. The van der Waals surface area contributed by atoms with Crippen molar-refractivity contribution in [1.29, 1.82) is 0 Å². The molecule has 0 radical (unpaired) electrons. The zero-order chi connectivity index (χ0) is 13.5. The Kier molecular flexibility index (Phi) is 6.29. The van der Waals surface area contributed by atoms with Gasteiger partial charge in [0.2, 0.25) is 5.91 Å². The van der Waals surface area contributed by atoms with Gasteiger partial charge in [-0.15, -0.1) is 11.3 Å². The first-order chi connectivity index (χ1) is 8.60. The molecule has 1 rings (SSSR count). The highest BCUT2D eigenvalue weighted by molar-refractivity contribution is 7.80. The first-order valence-electron chi connectivity index (χ1n) is 6.23. The molecule has 5 heteroatoms. The molecule has 3 nitrogen and oxygen atoms in total. The Morgan fingerprint density at radius 1 is 1.56 bits per heavy atom. The monoisotopic (exact) mass is 284 g/mol. The first kappa shape index (κ1) is 15.1. The smallest absolute Gasteiger partial charge is 0.230 e. The molecule has 1 aromatic rings. The van der Waals surface area contributed by atoms with Crippen molar-refractivity contribution >= 4 is 34.5 Å². The highest BCUT2D eigenvalue weighted by Gasteiger charge is 2.23. The molecule has 2 unspecified atom stereocenters. The predicted octanol–water partition coefficient (Wildman–Crippen LogP) is 3.02. The van der Waals surface area contributed by atoms with Crippen molar-refractivity contribution in [3.05, 3.63) is 22.4 Å². The minimum atomic E-state index is -0.348. The zero-order valence-corrected chi connectivity index (χ0v) is 12.4. The zero-order valence-electron chi connectivity index (χ0n) is 10.8. The summed E-state index contributed by atoms with van der Waals surface area (Å²) in [5.41, 5.74) is 5.63. The summed E-state index contributed by atoms with van der Waals surface area (Å²) in [6.07, 6.45) is 2.47. The highest BCUT2D eigenvalue weighted by Crippen LogP contribution is 2.22. The van der Waals surface area contributed by atoms with Crippen LogP contribution in [0, 0.1) is 5.92 Å². The van der Waals surface area contributed by atoms with Crippen molar-refractivity contribution in [1.82, 2.24) is 5.32 Å². The van der Waals surface area contributed by atoms with E-state index >= 15 is 0 Å². The number of hydrogen-bond donors (Lipinski definition) is 2. The van der Waals surface area contributed by atoms with Crippen LogP contribution in [-0.4, -0.2) is 10.9 Å². The maximum Gasteiger partial charge on any atom is 0.230 e. The SMILES string of the molecule is CCCC(C(=O)NC(CC)c1cccs1)C(N)=S. The van der Waals surface area contributed by atoms with Gasteiger partial charge in [0.25, 0.3) is 0 Å². The van der Waals surface area contributed by atoms with Gasteiger partial charge in [0.1, 0.15) is 0 Å². The quantitative estimate of drug-likeness (QED) is 0.757. The Labute approximate surface area is 118 Å². The number of thiocarbonyl (C=S) groups is 1. The number of nitrogens with two attached hydrogens (primary N) is 1. The van der Waals surface area contributed by atoms with Crippen LogP contribution < -0.4 is 11.1 Å². The van der Waals surface area contributed by atoms with Gasteiger partial charge in [-0.05, 0) is 24.3 Å². The Bertz CT molecular complexity index is 390. The van der Waals surface area contributed by atoms with E-state index in [2.05, 4.69) is 12.2 Å².